The fourth-order valence-corrected chi connectivity index (χ4v) is 5.36. The van der Waals surface area contributed by atoms with Crippen LogP contribution in [0.1, 0.15) is 44.1 Å². The fourth-order valence-electron chi connectivity index (χ4n) is 5.14. The largest absolute Gasteiger partial charge is 0.365 e. The van der Waals surface area contributed by atoms with Crippen molar-refractivity contribution in [2.75, 3.05) is 5.32 Å². The Kier molecular flexibility index (Phi) is 2.70. The van der Waals surface area contributed by atoms with Gasteiger partial charge in [0.2, 0.25) is 0 Å². The predicted molar refractivity (Wildman–Crippen MR) is 81.2 cm³/mol. The van der Waals surface area contributed by atoms with Crippen LogP contribution < -0.4 is 5.32 Å². The summed E-state index contributed by atoms with van der Waals surface area (Å²) in [6.07, 6.45) is 10.5. The Balaban J connectivity index is 1.60. The molecule has 0 unspecified atom stereocenters. The van der Waals surface area contributed by atoms with Crippen LogP contribution in [0.25, 0.3) is 0 Å². The molecule has 2 nitrogen and oxygen atoms in total. The highest BCUT2D eigenvalue weighted by Crippen LogP contribution is 2.56. The van der Waals surface area contributed by atoms with E-state index < -0.39 is 0 Å². The van der Waals surface area contributed by atoms with E-state index in [0.717, 1.165) is 28.0 Å². The van der Waals surface area contributed by atoms with Crippen molar-refractivity contribution in [3.05, 3.63) is 22.3 Å². The number of hydrogen-bond acceptors (Lipinski definition) is 2. The third kappa shape index (κ3) is 2.10. The second-order valence-electron chi connectivity index (χ2n) is 7.14. The smallest absolute Gasteiger partial charge is 0.126 e. The zero-order chi connectivity index (χ0) is 13.0. The molecule has 1 heterocycles. The van der Waals surface area contributed by atoms with Crippen molar-refractivity contribution in [2.45, 2.75) is 51.0 Å². The van der Waals surface area contributed by atoms with E-state index in [4.69, 9.17) is 0 Å². The third-order valence-electron chi connectivity index (χ3n) is 5.48. The average molecular weight is 321 g/mol. The number of pyridine rings is 1. The molecular weight excluding hydrogens is 300 g/mol. The van der Waals surface area contributed by atoms with Crippen LogP contribution in [-0.2, 0) is 0 Å². The normalized spacial score (nSPS) is 39.6. The second kappa shape index (κ2) is 4.21. The number of aryl methyl sites for hydroxylation is 1. The van der Waals surface area contributed by atoms with Crippen LogP contribution in [0.2, 0.25) is 0 Å². The Bertz CT molecular complexity index is 476. The fraction of sp³-hybridized carbons (Fsp3) is 0.688. The molecule has 0 amide bonds. The van der Waals surface area contributed by atoms with Gasteiger partial charge < -0.3 is 5.32 Å². The Morgan fingerprint density at radius 2 is 1.74 bits per heavy atom. The van der Waals surface area contributed by atoms with Gasteiger partial charge in [0, 0.05) is 16.2 Å². The minimum Gasteiger partial charge on any atom is -0.365 e. The summed E-state index contributed by atoms with van der Waals surface area (Å²) in [6, 6.07) is 2.18. The lowest BCUT2D eigenvalue weighted by Crippen LogP contribution is -2.54. The van der Waals surface area contributed by atoms with Gasteiger partial charge in [-0.05, 0) is 90.8 Å². The molecule has 0 spiro atoms. The maximum Gasteiger partial charge on any atom is 0.126 e. The number of anilines is 1. The first-order valence-electron chi connectivity index (χ1n) is 7.52. The minimum absolute atomic E-state index is 0.363. The minimum atomic E-state index is 0.363. The van der Waals surface area contributed by atoms with Crippen LogP contribution in [0.5, 0.6) is 0 Å². The van der Waals surface area contributed by atoms with Gasteiger partial charge in [-0.1, -0.05) is 0 Å². The summed E-state index contributed by atoms with van der Waals surface area (Å²) >= 11 is 3.53. The summed E-state index contributed by atoms with van der Waals surface area (Å²) in [4.78, 5) is 4.56. The summed E-state index contributed by atoms with van der Waals surface area (Å²) in [5.74, 6) is 4.02. The van der Waals surface area contributed by atoms with E-state index in [-0.39, 0.29) is 0 Å². The molecule has 0 aliphatic heterocycles. The highest BCUT2D eigenvalue weighted by Gasteiger charge is 2.51. The molecule has 0 radical (unpaired) electrons. The lowest BCUT2D eigenvalue weighted by Gasteiger charge is -2.57. The molecule has 4 aliphatic rings. The monoisotopic (exact) mass is 320 g/mol. The van der Waals surface area contributed by atoms with Gasteiger partial charge in [0.25, 0.3) is 0 Å². The molecule has 4 bridgehead atoms. The van der Waals surface area contributed by atoms with Crippen molar-refractivity contribution in [3.8, 4) is 0 Å². The first-order valence-corrected chi connectivity index (χ1v) is 8.31. The van der Waals surface area contributed by atoms with E-state index in [1.807, 2.05) is 6.20 Å². The molecule has 4 aliphatic carbocycles. The van der Waals surface area contributed by atoms with E-state index >= 15 is 0 Å². The summed E-state index contributed by atoms with van der Waals surface area (Å²) in [6.45, 7) is 2.14. The molecule has 0 saturated heterocycles. The van der Waals surface area contributed by atoms with Gasteiger partial charge in [0.05, 0.1) is 0 Å². The molecule has 102 valence electrons. The molecule has 3 heteroatoms. The number of hydrogen-bond donors (Lipinski definition) is 1. The van der Waals surface area contributed by atoms with Gasteiger partial charge in [-0.15, -0.1) is 0 Å². The van der Waals surface area contributed by atoms with Crippen LogP contribution in [0.15, 0.2) is 16.7 Å². The highest BCUT2D eigenvalue weighted by molar-refractivity contribution is 9.10. The van der Waals surface area contributed by atoms with Crippen LogP contribution in [-0.4, -0.2) is 10.5 Å². The molecule has 4 fully saturated rings. The zero-order valence-electron chi connectivity index (χ0n) is 11.5. The van der Waals surface area contributed by atoms with Crippen LogP contribution in [0.4, 0.5) is 5.82 Å². The first-order chi connectivity index (χ1) is 9.12. The third-order valence-corrected chi connectivity index (χ3v) is 6.31. The van der Waals surface area contributed by atoms with Crippen LogP contribution in [0.3, 0.4) is 0 Å². The summed E-state index contributed by atoms with van der Waals surface area (Å²) < 4.78 is 1.10. The Labute approximate surface area is 123 Å². The number of nitrogens with zero attached hydrogens (tertiary/aromatic N) is 1. The molecule has 1 aromatic heterocycles. The van der Waals surface area contributed by atoms with E-state index in [2.05, 4.69) is 39.2 Å². The molecule has 1 N–H and O–H groups in total. The summed E-state index contributed by atoms with van der Waals surface area (Å²) in [5, 5.41) is 3.82. The van der Waals surface area contributed by atoms with E-state index in [1.54, 1.807) is 0 Å². The Morgan fingerprint density at radius 1 is 1.16 bits per heavy atom. The lowest BCUT2D eigenvalue weighted by atomic mass is 9.53. The Morgan fingerprint density at radius 3 is 2.26 bits per heavy atom. The standard InChI is InChI=1S/C16H21BrN2/c1-10-2-15(18-9-14(10)17)19-16-6-11-3-12(7-16)5-13(4-11)8-16/h2,9,11-13H,3-8H2,1H3,(H,18,19). The molecular formula is C16H21BrN2. The van der Waals surface area contributed by atoms with Crippen molar-refractivity contribution >= 4 is 21.7 Å². The number of aromatic nitrogens is 1. The number of rotatable bonds is 2. The lowest BCUT2D eigenvalue weighted by molar-refractivity contribution is 0.0105. The first kappa shape index (κ1) is 12.2. The van der Waals surface area contributed by atoms with Gasteiger partial charge in [0.1, 0.15) is 5.82 Å². The van der Waals surface area contributed by atoms with Gasteiger partial charge >= 0.3 is 0 Å². The van der Waals surface area contributed by atoms with Crippen molar-refractivity contribution in [1.29, 1.82) is 0 Å². The van der Waals surface area contributed by atoms with Crippen LogP contribution >= 0.6 is 15.9 Å². The van der Waals surface area contributed by atoms with Crippen molar-refractivity contribution in [2.24, 2.45) is 17.8 Å². The molecule has 5 rings (SSSR count). The molecule has 4 saturated carbocycles. The molecule has 1 aromatic rings. The van der Waals surface area contributed by atoms with Crippen LogP contribution in [0, 0.1) is 24.7 Å². The molecule has 0 atom stereocenters. The number of halogens is 1. The maximum absolute atomic E-state index is 4.56. The Hall–Kier alpha value is -0.570. The zero-order valence-corrected chi connectivity index (χ0v) is 13.0. The quantitative estimate of drug-likeness (QED) is 0.865. The van der Waals surface area contributed by atoms with Gasteiger partial charge in [0.15, 0.2) is 0 Å². The average Bonchev–Trinajstić information content (AvgIpc) is 2.31. The predicted octanol–water partition coefficient (Wildman–Crippen LogP) is 4.53. The summed E-state index contributed by atoms with van der Waals surface area (Å²) in [5.41, 5.74) is 1.63. The summed E-state index contributed by atoms with van der Waals surface area (Å²) in [7, 11) is 0. The molecule has 19 heavy (non-hydrogen) atoms. The van der Waals surface area contributed by atoms with Crippen molar-refractivity contribution in [1.82, 2.24) is 4.98 Å². The van der Waals surface area contributed by atoms with E-state index in [0.29, 0.717) is 5.54 Å². The SMILES string of the molecule is Cc1cc(NC23CC4CC(CC(C4)C2)C3)ncc1Br. The molecule has 0 aromatic carbocycles. The second-order valence-corrected chi connectivity index (χ2v) is 8.00. The van der Waals surface area contributed by atoms with Gasteiger partial charge in [-0.3, -0.25) is 0 Å². The van der Waals surface area contributed by atoms with Crippen molar-refractivity contribution in [3.63, 3.8) is 0 Å². The van der Waals surface area contributed by atoms with Gasteiger partial charge in [-0.2, -0.15) is 0 Å². The van der Waals surface area contributed by atoms with E-state index in [9.17, 15) is 0 Å². The number of nitrogens with one attached hydrogen (secondary N) is 1. The van der Waals surface area contributed by atoms with Crippen molar-refractivity contribution < 1.29 is 0 Å². The highest BCUT2D eigenvalue weighted by atomic mass is 79.9. The maximum atomic E-state index is 4.56. The topological polar surface area (TPSA) is 24.9 Å². The van der Waals surface area contributed by atoms with E-state index in [1.165, 1.54) is 44.1 Å². The van der Waals surface area contributed by atoms with Gasteiger partial charge in [-0.25, -0.2) is 4.98 Å².